The topological polar surface area (TPSA) is 40.2 Å². The van der Waals surface area contributed by atoms with E-state index in [0.29, 0.717) is 5.41 Å². The summed E-state index contributed by atoms with van der Waals surface area (Å²) in [7, 11) is 5.44. The van der Waals surface area contributed by atoms with Crippen LogP contribution in [0.15, 0.2) is 0 Å². The molecule has 1 aliphatic carbocycles. The lowest BCUT2D eigenvalue weighted by Gasteiger charge is -2.41. The lowest BCUT2D eigenvalue weighted by Crippen LogP contribution is -2.39. The van der Waals surface area contributed by atoms with Gasteiger partial charge in [0.2, 0.25) is 0 Å². The van der Waals surface area contributed by atoms with E-state index < -0.39 is 0 Å². The molecule has 0 aromatic rings. The Balaban J connectivity index is 1.72. The highest BCUT2D eigenvalue weighted by molar-refractivity contribution is 4.88. The molecular formula is C19H37NO4. The van der Waals surface area contributed by atoms with Crippen LogP contribution in [0.1, 0.15) is 52.9 Å². The number of hydrogen-bond donors (Lipinski definition) is 0. The molecule has 1 aliphatic heterocycles. The van der Waals surface area contributed by atoms with E-state index in [1.807, 2.05) is 0 Å². The molecule has 2 rings (SSSR count). The molecular weight excluding hydrogens is 306 g/mol. The third-order valence-electron chi connectivity index (χ3n) is 5.71. The third kappa shape index (κ3) is 5.40. The second-order valence-corrected chi connectivity index (χ2v) is 8.55. The van der Waals surface area contributed by atoms with Crippen molar-refractivity contribution in [1.29, 1.82) is 0 Å². The lowest BCUT2D eigenvalue weighted by atomic mass is 9.71. The van der Waals surface area contributed by atoms with Gasteiger partial charge in [-0.15, -0.1) is 0 Å². The summed E-state index contributed by atoms with van der Waals surface area (Å²) >= 11 is 0. The first-order valence-electron chi connectivity index (χ1n) is 9.34. The van der Waals surface area contributed by atoms with Crippen molar-refractivity contribution in [2.75, 3.05) is 41.0 Å². The Morgan fingerprint density at radius 1 is 1.17 bits per heavy atom. The van der Waals surface area contributed by atoms with Crippen LogP contribution in [0.4, 0.5) is 0 Å². The van der Waals surface area contributed by atoms with Crippen molar-refractivity contribution in [2.45, 2.75) is 71.1 Å². The molecule has 0 aromatic carbocycles. The molecule has 5 heteroatoms. The van der Waals surface area contributed by atoms with Gasteiger partial charge < -0.3 is 23.8 Å². The number of ether oxygens (including phenoxy) is 4. The molecule has 1 heterocycles. The Labute approximate surface area is 148 Å². The molecule has 2 fully saturated rings. The van der Waals surface area contributed by atoms with Gasteiger partial charge in [-0.25, -0.2) is 0 Å². The highest BCUT2D eigenvalue weighted by Crippen LogP contribution is 2.45. The Hall–Kier alpha value is -0.200. The van der Waals surface area contributed by atoms with Crippen LogP contribution in [0.25, 0.3) is 0 Å². The predicted molar refractivity (Wildman–Crippen MR) is 94.9 cm³/mol. The number of methoxy groups -OCH3 is 2. The van der Waals surface area contributed by atoms with Gasteiger partial charge in [0.1, 0.15) is 0 Å². The number of nitrogens with zero attached hydrogens (tertiary/aromatic N) is 1. The maximum Gasteiger partial charge on any atom is 0.169 e. The van der Waals surface area contributed by atoms with Gasteiger partial charge in [0.15, 0.2) is 12.1 Å². The molecule has 0 aromatic heterocycles. The quantitative estimate of drug-likeness (QED) is 0.664. The molecule has 0 bridgehead atoms. The van der Waals surface area contributed by atoms with E-state index in [9.17, 15) is 0 Å². The SMILES string of the molecule is COC(CN(C)CCC1COC2(CCC(C(C)(C)C)CC2)O1)OC. The fraction of sp³-hybridized carbons (Fsp3) is 1.00. The zero-order chi connectivity index (χ0) is 17.8. The van der Waals surface area contributed by atoms with Gasteiger partial charge in [-0.1, -0.05) is 20.8 Å². The van der Waals surface area contributed by atoms with Crippen LogP contribution in [-0.4, -0.2) is 64.0 Å². The Bertz CT molecular complexity index is 370. The summed E-state index contributed by atoms with van der Waals surface area (Å²) < 4.78 is 23.0. The first kappa shape index (κ1) is 20.1. The molecule has 24 heavy (non-hydrogen) atoms. The molecule has 5 nitrogen and oxygen atoms in total. The van der Waals surface area contributed by atoms with Crippen LogP contribution < -0.4 is 0 Å². The third-order valence-corrected chi connectivity index (χ3v) is 5.71. The molecule has 142 valence electrons. The molecule has 1 saturated heterocycles. The monoisotopic (exact) mass is 343 g/mol. The summed E-state index contributed by atoms with van der Waals surface area (Å²) in [6, 6.07) is 0. The average Bonchev–Trinajstić information content (AvgIpc) is 2.93. The first-order chi connectivity index (χ1) is 11.3. The summed E-state index contributed by atoms with van der Waals surface area (Å²) in [5, 5.41) is 0. The zero-order valence-electron chi connectivity index (χ0n) is 16.5. The van der Waals surface area contributed by atoms with Crippen LogP contribution in [0, 0.1) is 11.3 Å². The van der Waals surface area contributed by atoms with Gasteiger partial charge in [-0.3, -0.25) is 0 Å². The number of likely N-dealkylation sites (N-methyl/N-ethyl adjacent to an activating group) is 1. The van der Waals surface area contributed by atoms with Crippen molar-refractivity contribution in [1.82, 2.24) is 4.90 Å². The molecule has 1 atom stereocenters. The van der Waals surface area contributed by atoms with Crippen LogP contribution in [0.3, 0.4) is 0 Å². The summed E-state index contributed by atoms with van der Waals surface area (Å²) in [5.74, 6) is 0.479. The Morgan fingerprint density at radius 3 is 2.33 bits per heavy atom. The van der Waals surface area contributed by atoms with Crippen molar-refractivity contribution >= 4 is 0 Å². The van der Waals surface area contributed by atoms with Crippen molar-refractivity contribution in [3.05, 3.63) is 0 Å². The summed E-state index contributed by atoms with van der Waals surface area (Å²) in [4.78, 5) is 2.22. The maximum absolute atomic E-state index is 6.35. The van der Waals surface area contributed by atoms with Crippen molar-refractivity contribution in [3.63, 3.8) is 0 Å². The summed E-state index contributed by atoms with van der Waals surface area (Å²) in [5.41, 5.74) is 0.390. The Morgan fingerprint density at radius 2 is 1.79 bits per heavy atom. The summed E-state index contributed by atoms with van der Waals surface area (Å²) in [6.07, 6.45) is 5.52. The van der Waals surface area contributed by atoms with Crippen LogP contribution >= 0.6 is 0 Å². The lowest BCUT2D eigenvalue weighted by molar-refractivity contribution is -0.197. The molecule has 1 spiro atoms. The van der Waals surface area contributed by atoms with E-state index in [1.54, 1.807) is 14.2 Å². The van der Waals surface area contributed by atoms with Gasteiger partial charge in [0, 0.05) is 40.2 Å². The summed E-state index contributed by atoms with van der Waals surface area (Å²) in [6.45, 7) is 9.48. The fourth-order valence-corrected chi connectivity index (χ4v) is 3.90. The first-order valence-corrected chi connectivity index (χ1v) is 9.34. The highest BCUT2D eigenvalue weighted by atomic mass is 16.7. The van der Waals surface area contributed by atoms with Crippen LogP contribution in [-0.2, 0) is 18.9 Å². The van der Waals surface area contributed by atoms with Crippen LogP contribution in [0.5, 0.6) is 0 Å². The van der Waals surface area contributed by atoms with Crippen LogP contribution in [0.2, 0.25) is 0 Å². The molecule has 0 N–H and O–H groups in total. The van der Waals surface area contributed by atoms with E-state index in [1.165, 1.54) is 12.8 Å². The normalized spacial score (nSPS) is 31.5. The minimum absolute atomic E-state index is 0.172. The Kier molecular flexibility index (Phi) is 7.09. The minimum atomic E-state index is -0.299. The second kappa shape index (κ2) is 8.45. The van der Waals surface area contributed by atoms with E-state index in [4.69, 9.17) is 18.9 Å². The fourth-order valence-electron chi connectivity index (χ4n) is 3.90. The average molecular weight is 344 g/mol. The molecule has 1 saturated carbocycles. The van der Waals surface area contributed by atoms with E-state index in [-0.39, 0.29) is 18.2 Å². The van der Waals surface area contributed by atoms with Crippen molar-refractivity contribution in [3.8, 4) is 0 Å². The predicted octanol–water partition coefficient (Wildman–Crippen LogP) is 3.28. The molecule has 1 unspecified atom stereocenters. The minimum Gasteiger partial charge on any atom is -0.355 e. The number of hydrogen-bond acceptors (Lipinski definition) is 5. The van der Waals surface area contributed by atoms with Gasteiger partial charge in [0.05, 0.1) is 12.7 Å². The maximum atomic E-state index is 6.35. The van der Waals surface area contributed by atoms with E-state index >= 15 is 0 Å². The van der Waals surface area contributed by atoms with E-state index in [0.717, 1.165) is 44.9 Å². The standard InChI is InChI=1S/C19H37NO4/c1-18(2,3)15-7-10-19(11-8-15)23-14-16(24-19)9-12-20(4)13-17(21-5)22-6/h15-17H,7-14H2,1-6H3. The smallest absolute Gasteiger partial charge is 0.169 e. The van der Waals surface area contributed by atoms with Crippen molar-refractivity contribution in [2.24, 2.45) is 11.3 Å². The van der Waals surface area contributed by atoms with Gasteiger partial charge in [0.25, 0.3) is 0 Å². The second-order valence-electron chi connectivity index (χ2n) is 8.55. The molecule has 0 radical (unpaired) electrons. The van der Waals surface area contributed by atoms with Gasteiger partial charge in [-0.05, 0) is 37.6 Å². The largest absolute Gasteiger partial charge is 0.355 e. The molecule has 0 amide bonds. The van der Waals surface area contributed by atoms with E-state index in [2.05, 4.69) is 32.7 Å². The highest BCUT2D eigenvalue weighted by Gasteiger charge is 2.45. The number of rotatable bonds is 7. The van der Waals surface area contributed by atoms with Crippen molar-refractivity contribution < 1.29 is 18.9 Å². The molecule has 2 aliphatic rings. The van der Waals surface area contributed by atoms with Gasteiger partial charge >= 0.3 is 0 Å². The zero-order valence-corrected chi connectivity index (χ0v) is 16.5. The van der Waals surface area contributed by atoms with Gasteiger partial charge in [-0.2, -0.15) is 0 Å².